The average molecular weight is 383 g/mol. The molecule has 2 amide bonds. The lowest BCUT2D eigenvalue weighted by Crippen LogP contribution is -2.52. The Balaban J connectivity index is 1.90. The Kier molecular flexibility index (Phi) is 6.04. The van der Waals surface area contributed by atoms with Crippen LogP contribution in [0, 0.1) is 0 Å². The zero-order valence-electron chi connectivity index (χ0n) is 15.1. The highest BCUT2D eigenvalue weighted by molar-refractivity contribution is 6.05. The first-order valence-electron chi connectivity index (χ1n) is 9.36. The molecule has 0 unspecified atom stereocenters. The van der Waals surface area contributed by atoms with Crippen LogP contribution in [0.3, 0.4) is 0 Å². The molecule has 0 radical (unpaired) electrons. The van der Waals surface area contributed by atoms with Gasteiger partial charge in [0.25, 0.3) is 0 Å². The van der Waals surface area contributed by atoms with E-state index in [0.717, 1.165) is 37.0 Å². The van der Waals surface area contributed by atoms with Gasteiger partial charge in [-0.1, -0.05) is 31.4 Å². The van der Waals surface area contributed by atoms with Crippen molar-refractivity contribution >= 4 is 23.2 Å². The molecular weight excluding hydrogens is 359 g/mol. The number of carbonyl (C=O) groups is 2. The Hall–Kier alpha value is -2.09. The molecule has 1 N–H and O–H groups in total. The number of likely N-dealkylation sites (tertiary alicyclic amines) is 1. The fourth-order valence-electron chi connectivity index (χ4n) is 3.73. The fourth-order valence-corrected chi connectivity index (χ4v) is 3.73. The summed E-state index contributed by atoms with van der Waals surface area (Å²) in [5.74, 6) is -1.37. The molecule has 1 aromatic rings. The zero-order chi connectivity index (χ0) is 19.4. The second-order valence-electron chi connectivity index (χ2n) is 7.13. The van der Waals surface area contributed by atoms with Gasteiger partial charge in [-0.15, -0.1) is 0 Å². The number of fused-ring (bicyclic) bond motifs is 1. The van der Waals surface area contributed by atoms with E-state index in [4.69, 9.17) is 0 Å². The van der Waals surface area contributed by atoms with E-state index in [1.807, 2.05) is 4.90 Å². The Morgan fingerprint density at radius 1 is 1.07 bits per heavy atom. The maximum absolute atomic E-state index is 13.7. The van der Waals surface area contributed by atoms with Crippen LogP contribution in [0.5, 0.6) is 0 Å². The van der Waals surface area contributed by atoms with Gasteiger partial charge in [0.1, 0.15) is 6.04 Å². The first-order valence-corrected chi connectivity index (χ1v) is 9.36. The molecule has 0 bridgehead atoms. The molecule has 2 aliphatic rings. The molecule has 3 rings (SSSR count). The van der Waals surface area contributed by atoms with Crippen molar-refractivity contribution in [1.29, 1.82) is 0 Å². The van der Waals surface area contributed by atoms with E-state index in [0.29, 0.717) is 13.1 Å². The lowest BCUT2D eigenvalue weighted by molar-refractivity contribution is -0.158. The van der Waals surface area contributed by atoms with Gasteiger partial charge in [0.05, 0.1) is 24.3 Å². The van der Waals surface area contributed by atoms with Crippen LogP contribution in [0.4, 0.5) is 24.5 Å². The largest absolute Gasteiger partial charge is 0.409 e. The second kappa shape index (κ2) is 8.29. The van der Waals surface area contributed by atoms with E-state index in [2.05, 4.69) is 5.32 Å². The standard InChI is InChI=1S/C19H24F3N3O2/c20-19(21,22)16-12-17(26)23-14-8-4-5-9-15(14)25(16)18(27)13-24-10-6-2-1-3-7-11-24/h4-5,8-9,16H,1-3,6-7,10-13H2,(H,23,26)/t16-/m1/s1. The number of halogens is 3. The number of hydrogen-bond acceptors (Lipinski definition) is 3. The number of alkyl halides is 3. The van der Waals surface area contributed by atoms with Crippen LogP contribution in [0.2, 0.25) is 0 Å². The van der Waals surface area contributed by atoms with Gasteiger partial charge in [-0.3, -0.25) is 19.4 Å². The second-order valence-corrected chi connectivity index (χ2v) is 7.13. The topological polar surface area (TPSA) is 52.7 Å². The number of nitrogens with zero attached hydrogens (tertiary/aromatic N) is 2. The van der Waals surface area contributed by atoms with Gasteiger partial charge in [0, 0.05) is 0 Å². The molecule has 2 heterocycles. The summed E-state index contributed by atoms with van der Waals surface area (Å²) in [6, 6.07) is 3.99. The summed E-state index contributed by atoms with van der Waals surface area (Å²) in [7, 11) is 0. The van der Waals surface area contributed by atoms with Gasteiger partial charge in [0.15, 0.2) is 0 Å². The minimum atomic E-state index is -4.69. The van der Waals surface area contributed by atoms with Gasteiger partial charge in [0.2, 0.25) is 11.8 Å². The van der Waals surface area contributed by atoms with Crippen molar-refractivity contribution < 1.29 is 22.8 Å². The van der Waals surface area contributed by atoms with Crippen molar-refractivity contribution in [3.8, 4) is 0 Å². The van der Waals surface area contributed by atoms with Gasteiger partial charge in [-0.2, -0.15) is 13.2 Å². The van der Waals surface area contributed by atoms with E-state index in [9.17, 15) is 22.8 Å². The third kappa shape index (κ3) is 4.80. The normalized spacial score (nSPS) is 22.3. The number of benzene rings is 1. The lowest BCUT2D eigenvalue weighted by Gasteiger charge is -2.34. The number of anilines is 2. The summed E-state index contributed by atoms with van der Waals surface area (Å²) in [5, 5.41) is 2.48. The summed E-state index contributed by atoms with van der Waals surface area (Å²) in [4.78, 5) is 27.7. The van der Waals surface area contributed by atoms with Crippen LogP contribution >= 0.6 is 0 Å². The van der Waals surface area contributed by atoms with Crippen LogP contribution in [0.1, 0.15) is 38.5 Å². The van der Waals surface area contributed by atoms with E-state index in [1.165, 1.54) is 12.1 Å². The van der Waals surface area contributed by atoms with Crippen molar-refractivity contribution in [1.82, 2.24) is 4.90 Å². The van der Waals surface area contributed by atoms with Crippen molar-refractivity contribution in [2.45, 2.75) is 50.7 Å². The molecule has 1 fully saturated rings. The van der Waals surface area contributed by atoms with Crippen LogP contribution in [-0.2, 0) is 9.59 Å². The molecule has 148 valence electrons. The van der Waals surface area contributed by atoms with Crippen molar-refractivity contribution in [2.24, 2.45) is 0 Å². The number of hydrogen-bond donors (Lipinski definition) is 1. The SMILES string of the molecule is O=C1C[C@H](C(F)(F)F)N(C(=O)CN2CCCCCCC2)c2ccccc2N1. The smallest absolute Gasteiger partial charge is 0.324 e. The monoisotopic (exact) mass is 383 g/mol. The van der Waals surface area contributed by atoms with E-state index >= 15 is 0 Å². The van der Waals surface area contributed by atoms with Gasteiger partial charge in [-0.05, 0) is 38.1 Å². The quantitative estimate of drug-likeness (QED) is 0.850. The third-order valence-corrected chi connectivity index (χ3v) is 5.08. The van der Waals surface area contributed by atoms with Crippen LogP contribution in [0.25, 0.3) is 0 Å². The van der Waals surface area contributed by atoms with Crippen LogP contribution < -0.4 is 10.2 Å². The molecule has 5 nitrogen and oxygen atoms in total. The van der Waals surface area contributed by atoms with Gasteiger partial charge >= 0.3 is 6.18 Å². The average Bonchev–Trinajstić information content (AvgIpc) is 2.72. The Morgan fingerprint density at radius 2 is 1.70 bits per heavy atom. The maximum Gasteiger partial charge on any atom is 0.409 e. The molecular formula is C19H24F3N3O2. The minimum absolute atomic E-state index is 0.0743. The zero-order valence-corrected chi connectivity index (χ0v) is 15.1. The molecule has 0 spiro atoms. The summed E-state index contributed by atoms with van der Waals surface area (Å²) in [6.45, 7) is 1.33. The highest BCUT2D eigenvalue weighted by atomic mass is 19.4. The molecule has 2 aliphatic heterocycles. The first-order chi connectivity index (χ1) is 12.9. The molecule has 27 heavy (non-hydrogen) atoms. The van der Waals surface area contributed by atoms with E-state index < -0.39 is 30.5 Å². The number of rotatable bonds is 2. The van der Waals surface area contributed by atoms with E-state index in [1.54, 1.807) is 12.1 Å². The molecule has 1 saturated heterocycles. The predicted molar refractivity (Wildman–Crippen MR) is 96.5 cm³/mol. The van der Waals surface area contributed by atoms with Crippen molar-refractivity contribution in [3.63, 3.8) is 0 Å². The van der Waals surface area contributed by atoms with Gasteiger partial charge < -0.3 is 5.32 Å². The Morgan fingerprint density at radius 3 is 2.37 bits per heavy atom. The van der Waals surface area contributed by atoms with Crippen LogP contribution in [-0.4, -0.2) is 48.6 Å². The molecule has 1 atom stereocenters. The Labute approximate surface area is 156 Å². The predicted octanol–water partition coefficient (Wildman–Crippen LogP) is 3.56. The number of nitrogens with one attached hydrogen (secondary N) is 1. The summed E-state index contributed by atoms with van der Waals surface area (Å²) in [5.41, 5.74) is 0.331. The molecule has 8 heteroatoms. The van der Waals surface area contributed by atoms with E-state index in [-0.39, 0.29) is 17.9 Å². The maximum atomic E-state index is 13.7. The van der Waals surface area contributed by atoms with Gasteiger partial charge in [-0.25, -0.2) is 0 Å². The molecule has 0 aromatic heterocycles. The summed E-state index contributed by atoms with van der Waals surface area (Å²) >= 11 is 0. The molecule has 1 aromatic carbocycles. The van der Waals surface area contributed by atoms with Crippen molar-refractivity contribution in [3.05, 3.63) is 24.3 Å². The fraction of sp³-hybridized carbons (Fsp3) is 0.579. The van der Waals surface area contributed by atoms with Crippen LogP contribution in [0.15, 0.2) is 24.3 Å². The molecule has 0 aliphatic carbocycles. The summed E-state index contributed by atoms with van der Waals surface area (Å²) < 4.78 is 41.1. The summed E-state index contributed by atoms with van der Waals surface area (Å²) in [6.07, 6.45) is -0.323. The first kappa shape index (κ1) is 19.7. The highest BCUT2D eigenvalue weighted by Crippen LogP contribution is 2.37. The Bertz CT molecular complexity index is 685. The third-order valence-electron chi connectivity index (χ3n) is 5.08. The van der Waals surface area contributed by atoms with Crippen molar-refractivity contribution in [2.75, 3.05) is 29.9 Å². The number of para-hydroxylation sites is 2. The minimum Gasteiger partial charge on any atom is -0.324 e. The highest BCUT2D eigenvalue weighted by Gasteiger charge is 2.49. The molecule has 0 saturated carbocycles. The lowest BCUT2D eigenvalue weighted by atomic mass is 10.1. The number of amides is 2. The number of carbonyl (C=O) groups excluding carboxylic acids is 2.